The molecule has 1 unspecified atom stereocenters. The van der Waals surface area contributed by atoms with Crippen LogP contribution >= 0.6 is 0 Å². The molecule has 16 heavy (non-hydrogen) atoms. The Kier molecular flexibility index (Phi) is 2.62. The highest BCUT2D eigenvalue weighted by Crippen LogP contribution is 2.42. The molecule has 1 aliphatic rings. The fraction of sp³-hybridized carbons (Fsp3) is 0.462. The van der Waals surface area contributed by atoms with Gasteiger partial charge in [0, 0.05) is 5.69 Å². The first-order valence-electron chi connectivity index (χ1n) is 5.62. The molecule has 0 saturated heterocycles. The summed E-state index contributed by atoms with van der Waals surface area (Å²) in [5, 5.41) is 2.93. The summed E-state index contributed by atoms with van der Waals surface area (Å²) in [7, 11) is 1.64. The third-order valence-electron chi connectivity index (χ3n) is 3.32. The number of benzene rings is 1. The van der Waals surface area contributed by atoms with Gasteiger partial charge in [0.05, 0.1) is 12.5 Å². The van der Waals surface area contributed by atoms with Crippen molar-refractivity contribution in [1.29, 1.82) is 0 Å². The fourth-order valence-corrected chi connectivity index (χ4v) is 2.35. The number of carbonyl (C=O) groups is 1. The number of hydrogen-bond donors (Lipinski definition) is 1. The number of carbonyl (C=O) groups excluding carboxylic acids is 1. The Labute approximate surface area is 95.8 Å². The maximum absolute atomic E-state index is 12.0. The summed E-state index contributed by atoms with van der Waals surface area (Å²) in [6.07, 6.45) is 1.85. The van der Waals surface area contributed by atoms with Gasteiger partial charge in [0.25, 0.3) is 0 Å². The van der Waals surface area contributed by atoms with E-state index in [2.05, 4.69) is 12.2 Å². The van der Waals surface area contributed by atoms with Crippen molar-refractivity contribution in [2.75, 3.05) is 12.4 Å². The van der Waals surface area contributed by atoms with E-state index >= 15 is 0 Å². The second-order valence-corrected chi connectivity index (χ2v) is 4.45. The largest absolute Gasteiger partial charge is 0.497 e. The minimum atomic E-state index is -0.404. The summed E-state index contributed by atoms with van der Waals surface area (Å²) in [5.41, 5.74) is 1.57. The summed E-state index contributed by atoms with van der Waals surface area (Å²) in [6.45, 7) is 4.09. The van der Waals surface area contributed by atoms with Crippen LogP contribution in [0.3, 0.4) is 0 Å². The van der Waals surface area contributed by atoms with Crippen LogP contribution in [0.1, 0.15) is 32.3 Å². The van der Waals surface area contributed by atoms with Crippen LogP contribution < -0.4 is 10.1 Å². The Morgan fingerprint density at radius 1 is 1.44 bits per heavy atom. The molecule has 1 aromatic carbocycles. The van der Waals surface area contributed by atoms with Crippen LogP contribution in [-0.4, -0.2) is 13.0 Å². The van der Waals surface area contributed by atoms with Crippen LogP contribution in [0.25, 0.3) is 0 Å². The molecule has 3 nitrogen and oxygen atoms in total. The van der Waals surface area contributed by atoms with Gasteiger partial charge in [-0.25, -0.2) is 0 Å². The Bertz CT molecular complexity index is 428. The highest BCUT2D eigenvalue weighted by Gasteiger charge is 2.41. The SMILES string of the molecule is CCCC1(C)C(=O)Nc2ccc(OC)cc21. The molecule has 0 aromatic heterocycles. The van der Waals surface area contributed by atoms with Crippen molar-refractivity contribution < 1.29 is 9.53 Å². The summed E-state index contributed by atoms with van der Waals surface area (Å²) in [6, 6.07) is 5.74. The molecule has 1 atom stereocenters. The highest BCUT2D eigenvalue weighted by molar-refractivity contribution is 6.06. The average Bonchev–Trinajstić information content (AvgIpc) is 2.52. The van der Waals surface area contributed by atoms with E-state index in [9.17, 15) is 4.79 Å². The van der Waals surface area contributed by atoms with Crippen molar-refractivity contribution in [1.82, 2.24) is 0 Å². The normalized spacial score (nSPS) is 22.8. The lowest BCUT2D eigenvalue weighted by atomic mass is 9.80. The second-order valence-electron chi connectivity index (χ2n) is 4.45. The maximum Gasteiger partial charge on any atom is 0.234 e. The fourth-order valence-electron chi connectivity index (χ4n) is 2.35. The van der Waals surface area contributed by atoms with Crippen LogP contribution in [0.5, 0.6) is 5.75 Å². The van der Waals surface area contributed by atoms with E-state index in [0.29, 0.717) is 0 Å². The molecule has 0 aliphatic carbocycles. The second kappa shape index (κ2) is 3.81. The summed E-state index contributed by atoms with van der Waals surface area (Å²) >= 11 is 0. The van der Waals surface area contributed by atoms with Crippen LogP contribution in [0.15, 0.2) is 18.2 Å². The smallest absolute Gasteiger partial charge is 0.234 e. The van der Waals surface area contributed by atoms with Crippen LogP contribution in [0, 0.1) is 0 Å². The van der Waals surface area contributed by atoms with Gasteiger partial charge in [-0.3, -0.25) is 4.79 Å². The quantitative estimate of drug-likeness (QED) is 0.848. The number of methoxy groups -OCH3 is 1. The van der Waals surface area contributed by atoms with Gasteiger partial charge in [0.1, 0.15) is 5.75 Å². The molecule has 0 saturated carbocycles. The molecule has 0 radical (unpaired) electrons. The van der Waals surface area contributed by atoms with Gasteiger partial charge in [-0.05, 0) is 37.1 Å². The molecule has 1 heterocycles. The molecule has 1 aromatic rings. The van der Waals surface area contributed by atoms with E-state index in [1.165, 1.54) is 0 Å². The van der Waals surface area contributed by atoms with E-state index < -0.39 is 5.41 Å². The first-order chi connectivity index (χ1) is 7.61. The maximum atomic E-state index is 12.0. The van der Waals surface area contributed by atoms with Crippen molar-refractivity contribution in [2.45, 2.75) is 32.1 Å². The number of hydrogen-bond acceptors (Lipinski definition) is 2. The molecule has 1 N–H and O–H groups in total. The molecule has 2 rings (SSSR count). The van der Waals surface area contributed by atoms with Crippen molar-refractivity contribution in [3.8, 4) is 5.75 Å². The van der Waals surface area contributed by atoms with Crippen LogP contribution in [-0.2, 0) is 10.2 Å². The van der Waals surface area contributed by atoms with Gasteiger partial charge < -0.3 is 10.1 Å². The lowest BCUT2D eigenvalue weighted by Gasteiger charge is -2.21. The topological polar surface area (TPSA) is 38.3 Å². The van der Waals surface area contributed by atoms with Gasteiger partial charge in [-0.1, -0.05) is 13.3 Å². The van der Waals surface area contributed by atoms with Gasteiger partial charge in [0.2, 0.25) is 5.91 Å². The van der Waals surface area contributed by atoms with Crippen molar-refractivity contribution in [2.24, 2.45) is 0 Å². The van der Waals surface area contributed by atoms with Crippen molar-refractivity contribution in [3.63, 3.8) is 0 Å². The number of anilines is 1. The molecule has 1 amide bonds. The number of nitrogens with one attached hydrogen (secondary N) is 1. The standard InChI is InChI=1S/C13H17NO2/c1-4-7-13(2)10-8-9(16-3)5-6-11(10)14-12(13)15/h5-6,8H,4,7H2,1-3H3,(H,14,15). The monoisotopic (exact) mass is 219 g/mol. The van der Waals surface area contributed by atoms with Crippen molar-refractivity contribution >= 4 is 11.6 Å². The minimum absolute atomic E-state index is 0.0950. The summed E-state index contributed by atoms with van der Waals surface area (Å²) < 4.78 is 5.21. The predicted octanol–water partition coefficient (Wildman–Crippen LogP) is 2.71. The first-order valence-corrected chi connectivity index (χ1v) is 5.62. The van der Waals surface area contributed by atoms with E-state index in [-0.39, 0.29) is 5.91 Å². The molecule has 0 bridgehead atoms. The Balaban J connectivity index is 2.49. The third-order valence-corrected chi connectivity index (χ3v) is 3.32. The Morgan fingerprint density at radius 3 is 2.81 bits per heavy atom. The molecule has 0 spiro atoms. The van der Waals surface area contributed by atoms with Crippen LogP contribution in [0.2, 0.25) is 0 Å². The highest BCUT2D eigenvalue weighted by atomic mass is 16.5. The zero-order valence-corrected chi connectivity index (χ0v) is 9.96. The number of fused-ring (bicyclic) bond motifs is 1. The summed E-state index contributed by atoms with van der Waals surface area (Å²) in [5.74, 6) is 0.898. The zero-order chi connectivity index (χ0) is 11.8. The zero-order valence-electron chi connectivity index (χ0n) is 9.96. The van der Waals surface area contributed by atoms with E-state index in [1.54, 1.807) is 7.11 Å². The number of amides is 1. The third kappa shape index (κ3) is 1.47. The lowest BCUT2D eigenvalue weighted by Crippen LogP contribution is -2.30. The molecular weight excluding hydrogens is 202 g/mol. The van der Waals surface area contributed by atoms with E-state index in [1.807, 2.05) is 25.1 Å². The van der Waals surface area contributed by atoms with Gasteiger partial charge in [-0.15, -0.1) is 0 Å². The Hall–Kier alpha value is -1.51. The van der Waals surface area contributed by atoms with Gasteiger partial charge in [-0.2, -0.15) is 0 Å². The number of rotatable bonds is 3. The number of ether oxygens (including phenoxy) is 1. The van der Waals surface area contributed by atoms with Gasteiger partial charge >= 0.3 is 0 Å². The van der Waals surface area contributed by atoms with E-state index in [4.69, 9.17) is 4.74 Å². The van der Waals surface area contributed by atoms with Crippen molar-refractivity contribution in [3.05, 3.63) is 23.8 Å². The van der Waals surface area contributed by atoms with Crippen LogP contribution in [0.4, 0.5) is 5.69 Å². The molecule has 1 aliphatic heterocycles. The minimum Gasteiger partial charge on any atom is -0.497 e. The van der Waals surface area contributed by atoms with Gasteiger partial charge in [0.15, 0.2) is 0 Å². The predicted molar refractivity (Wildman–Crippen MR) is 63.9 cm³/mol. The molecule has 86 valence electrons. The first kappa shape index (κ1) is 11.0. The van der Waals surface area contributed by atoms with E-state index in [0.717, 1.165) is 29.8 Å². The molecular formula is C13H17NO2. The Morgan fingerprint density at radius 2 is 2.19 bits per heavy atom. The molecule has 0 fully saturated rings. The lowest BCUT2D eigenvalue weighted by molar-refractivity contribution is -0.120. The summed E-state index contributed by atoms with van der Waals surface area (Å²) in [4.78, 5) is 12.0. The average molecular weight is 219 g/mol. The molecule has 3 heteroatoms.